The first-order valence-corrected chi connectivity index (χ1v) is 8.88. The van der Waals surface area contributed by atoms with Gasteiger partial charge >= 0.3 is 5.97 Å². The number of hydrogen-bond acceptors (Lipinski definition) is 4. The van der Waals surface area contributed by atoms with Gasteiger partial charge in [-0.05, 0) is 46.9 Å². The summed E-state index contributed by atoms with van der Waals surface area (Å²) in [5, 5.41) is 3.27. The van der Waals surface area contributed by atoms with Crippen LogP contribution in [-0.4, -0.2) is 13.1 Å². The molecule has 0 atom stereocenters. The monoisotopic (exact) mass is 382 g/mol. The number of benzene rings is 2. The number of carbonyl (C=O) groups excluding carboxylic acids is 1. The van der Waals surface area contributed by atoms with Crippen LogP contribution in [-0.2, 0) is 10.5 Å². The van der Waals surface area contributed by atoms with E-state index in [4.69, 9.17) is 32.7 Å². The van der Waals surface area contributed by atoms with Crippen molar-refractivity contribution in [1.82, 2.24) is 0 Å². The highest BCUT2D eigenvalue weighted by atomic mass is 35.5. The summed E-state index contributed by atoms with van der Waals surface area (Å²) in [6.07, 6.45) is 1.95. The summed E-state index contributed by atoms with van der Waals surface area (Å²) in [5.41, 5.74) is 1.97. The van der Waals surface area contributed by atoms with Gasteiger partial charge in [0.25, 0.3) is 0 Å². The van der Waals surface area contributed by atoms with E-state index >= 15 is 0 Å². The van der Waals surface area contributed by atoms with Crippen LogP contribution in [0.1, 0.15) is 18.1 Å². The second-order valence-corrected chi connectivity index (χ2v) is 6.59. The van der Waals surface area contributed by atoms with Crippen molar-refractivity contribution < 1.29 is 14.3 Å². The number of esters is 1. The fourth-order valence-electron chi connectivity index (χ4n) is 1.93. The van der Waals surface area contributed by atoms with Crippen LogP contribution in [0.2, 0.25) is 10.0 Å². The van der Waals surface area contributed by atoms with E-state index in [1.807, 2.05) is 35.7 Å². The van der Waals surface area contributed by atoms with E-state index in [1.54, 1.807) is 23.9 Å². The molecule has 0 aliphatic rings. The van der Waals surface area contributed by atoms with E-state index in [2.05, 4.69) is 0 Å². The average Bonchev–Trinajstić information content (AvgIpc) is 2.53. The van der Waals surface area contributed by atoms with Gasteiger partial charge in [-0.1, -0.05) is 35.3 Å². The van der Waals surface area contributed by atoms with Gasteiger partial charge < -0.3 is 9.47 Å². The Labute approximate surface area is 155 Å². The zero-order chi connectivity index (χ0) is 17.5. The van der Waals surface area contributed by atoms with Crippen LogP contribution in [0.3, 0.4) is 0 Å². The summed E-state index contributed by atoms with van der Waals surface area (Å²) < 4.78 is 10.3. The van der Waals surface area contributed by atoms with Crippen molar-refractivity contribution in [2.45, 2.75) is 12.7 Å². The maximum atomic E-state index is 11.0. The molecule has 2 aromatic carbocycles. The Hall–Kier alpha value is -1.62. The van der Waals surface area contributed by atoms with Crippen molar-refractivity contribution in [1.29, 1.82) is 0 Å². The summed E-state index contributed by atoms with van der Waals surface area (Å²) >= 11 is 13.6. The topological polar surface area (TPSA) is 35.5 Å². The molecule has 0 saturated heterocycles. The van der Waals surface area contributed by atoms with Crippen molar-refractivity contribution in [3.05, 3.63) is 63.0 Å². The normalized spacial score (nSPS) is 10.8. The average molecular weight is 383 g/mol. The van der Waals surface area contributed by atoms with Gasteiger partial charge in [-0.3, -0.25) is 4.79 Å². The second-order valence-electron chi connectivity index (χ2n) is 4.85. The maximum absolute atomic E-state index is 11.0. The van der Waals surface area contributed by atoms with E-state index in [0.29, 0.717) is 21.5 Å². The highest BCUT2D eigenvalue weighted by Gasteiger charge is 2.07. The Kier molecular flexibility index (Phi) is 7.03. The van der Waals surface area contributed by atoms with Gasteiger partial charge in [-0.2, -0.15) is 0 Å². The van der Waals surface area contributed by atoms with Crippen LogP contribution in [0.5, 0.6) is 11.5 Å². The van der Waals surface area contributed by atoms with Crippen LogP contribution in [0.15, 0.2) is 41.8 Å². The van der Waals surface area contributed by atoms with Gasteiger partial charge in [0, 0.05) is 22.7 Å². The Morgan fingerprint density at radius 3 is 2.62 bits per heavy atom. The van der Waals surface area contributed by atoms with E-state index in [0.717, 1.165) is 16.9 Å². The zero-order valence-corrected chi connectivity index (χ0v) is 15.5. The molecule has 0 bridgehead atoms. The predicted molar refractivity (Wildman–Crippen MR) is 101 cm³/mol. The van der Waals surface area contributed by atoms with Crippen molar-refractivity contribution in [2.75, 3.05) is 7.11 Å². The minimum Gasteiger partial charge on any atom is -0.493 e. The number of methoxy groups -OCH3 is 1. The molecular weight excluding hydrogens is 367 g/mol. The SMILES string of the molecule is COc1cc(/C=C\SCc2ccc(Cl)cc2Cl)ccc1OC(C)=O. The molecule has 0 aliphatic heterocycles. The molecule has 0 heterocycles. The molecule has 3 nitrogen and oxygen atoms in total. The molecule has 0 aliphatic carbocycles. The molecule has 0 unspecified atom stereocenters. The number of thioether (sulfide) groups is 1. The third kappa shape index (κ3) is 5.48. The van der Waals surface area contributed by atoms with Crippen LogP contribution >= 0.6 is 35.0 Å². The van der Waals surface area contributed by atoms with E-state index in [1.165, 1.54) is 14.0 Å². The summed E-state index contributed by atoms with van der Waals surface area (Å²) in [6, 6.07) is 10.9. The highest BCUT2D eigenvalue weighted by Crippen LogP contribution is 2.29. The van der Waals surface area contributed by atoms with Crippen LogP contribution < -0.4 is 9.47 Å². The van der Waals surface area contributed by atoms with Crippen LogP contribution in [0.25, 0.3) is 6.08 Å². The minimum absolute atomic E-state index is 0.382. The predicted octanol–water partition coefficient (Wildman–Crippen LogP) is 5.83. The first kappa shape index (κ1) is 18.7. The third-order valence-electron chi connectivity index (χ3n) is 3.05. The van der Waals surface area contributed by atoms with Crippen molar-refractivity contribution >= 4 is 47.0 Å². The molecule has 24 heavy (non-hydrogen) atoms. The molecule has 0 spiro atoms. The number of rotatable bonds is 6. The number of hydrogen-bond donors (Lipinski definition) is 0. The largest absolute Gasteiger partial charge is 0.493 e. The Morgan fingerprint density at radius 1 is 1.17 bits per heavy atom. The zero-order valence-electron chi connectivity index (χ0n) is 13.2. The number of halogens is 2. The molecule has 0 N–H and O–H groups in total. The van der Waals surface area contributed by atoms with E-state index in [9.17, 15) is 4.79 Å². The van der Waals surface area contributed by atoms with Gasteiger partial charge in [-0.25, -0.2) is 0 Å². The standard InChI is InChI=1S/C18H16Cl2O3S/c1-12(21)23-17-6-3-13(9-18(17)22-2)7-8-24-11-14-4-5-15(19)10-16(14)20/h3-10H,11H2,1-2H3/b8-7-. The quantitative estimate of drug-likeness (QED) is 0.464. The summed E-state index contributed by atoms with van der Waals surface area (Å²) in [6.45, 7) is 1.35. The fourth-order valence-corrected chi connectivity index (χ4v) is 3.27. The number of carbonyl (C=O) groups is 1. The lowest BCUT2D eigenvalue weighted by molar-refractivity contribution is -0.132. The molecule has 2 rings (SSSR count). The third-order valence-corrected chi connectivity index (χ3v) is 4.45. The van der Waals surface area contributed by atoms with Gasteiger partial charge in [-0.15, -0.1) is 11.8 Å². The fraction of sp³-hybridized carbons (Fsp3) is 0.167. The molecule has 0 amide bonds. The summed E-state index contributed by atoms with van der Waals surface area (Å²) in [4.78, 5) is 11.0. The summed E-state index contributed by atoms with van der Waals surface area (Å²) in [7, 11) is 1.53. The Balaban J connectivity index is 2.00. The number of ether oxygens (including phenoxy) is 2. The lowest BCUT2D eigenvalue weighted by Crippen LogP contribution is -2.02. The molecule has 2 aromatic rings. The van der Waals surface area contributed by atoms with Gasteiger partial charge in [0.05, 0.1) is 7.11 Å². The smallest absolute Gasteiger partial charge is 0.308 e. The molecule has 6 heteroatoms. The minimum atomic E-state index is -0.382. The van der Waals surface area contributed by atoms with Gasteiger partial charge in [0.1, 0.15) is 0 Å². The molecule has 0 aromatic heterocycles. The lowest BCUT2D eigenvalue weighted by atomic mass is 10.2. The molecule has 0 radical (unpaired) electrons. The molecule has 0 saturated carbocycles. The van der Waals surface area contributed by atoms with E-state index in [-0.39, 0.29) is 5.97 Å². The first-order valence-electron chi connectivity index (χ1n) is 7.08. The lowest BCUT2D eigenvalue weighted by Gasteiger charge is -2.08. The van der Waals surface area contributed by atoms with Crippen molar-refractivity contribution in [2.24, 2.45) is 0 Å². The van der Waals surface area contributed by atoms with Gasteiger partial charge in [0.15, 0.2) is 11.5 Å². The molecular formula is C18H16Cl2O3S. The Bertz CT molecular complexity index is 760. The highest BCUT2D eigenvalue weighted by molar-refractivity contribution is 8.01. The van der Waals surface area contributed by atoms with E-state index < -0.39 is 0 Å². The van der Waals surface area contributed by atoms with Crippen molar-refractivity contribution in [3.8, 4) is 11.5 Å². The van der Waals surface area contributed by atoms with Gasteiger partial charge in [0.2, 0.25) is 0 Å². The molecule has 0 fully saturated rings. The van der Waals surface area contributed by atoms with Crippen LogP contribution in [0.4, 0.5) is 0 Å². The second kappa shape index (κ2) is 9.02. The van der Waals surface area contributed by atoms with Crippen molar-refractivity contribution in [3.63, 3.8) is 0 Å². The summed E-state index contributed by atoms with van der Waals surface area (Å²) in [5.74, 6) is 1.28. The Morgan fingerprint density at radius 2 is 1.96 bits per heavy atom. The maximum Gasteiger partial charge on any atom is 0.308 e. The first-order chi connectivity index (χ1) is 11.5. The molecule has 126 valence electrons. The van der Waals surface area contributed by atoms with Crippen LogP contribution in [0, 0.1) is 0 Å².